The number of nitrogens with one attached hydrogen (secondary N) is 3. The van der Waals surface area contributed by atoms with E-state index in [1.807, 2.05) is 0 Å². The molecule has 4 aromatic rings. The first-order chi connectivity index (χ1) is 21.6. The second-order valence-electron chi connectivity index (χ2n) is 9.65. The minimum atomic E-state index is -4.62. The molecule has 232 valence electrons. The second kappa shape index (κ2) is 15.1. The Morgan fingerprint density at radius 2 is 1.56 bits per heavy atom. The van der Waals surface area contributed by atoms with Gasteiger partial charge in [0.15, 0.2) is 0 Å². The summed E-state index contributed by atoms with van der Waals surface area (Å²) in [5.41, 5.74) is 0.00687. The highest BCUT2D eigenvalue weighted by atomic mass is 32.2. The van der Waals surface area contributed by atoms with E-state index >= 15 is 0 Å². The Labute approximate surface area is 262 Å². The largest absolute Gasteiger partial charge is 0.496 e. The molecule has 0 spiro atoms. The maximum atomic E-state index is 13.5. The van der Waals surface area contributed by atoms with Gasteiger partial charge in [0.1, 0.15) is 11.4 Å². The highest BCUT2D eigenvalue weighted by molar-refractivity contribution is 8.00. The zero-order valence-corrected chi connectivity index (χ0v) is 25.2. The Hall–Kier alpha value is -5.03. The first-order valence-electron chi connectivity index (χ1n) is 13.8. The molecule has 0 saturated carbocycles. The number of alkyl halides is 3. The molecule has 0 heterocycles. The number of methoxy groups -OCH3 is 1. The fraction of sp³-hybridized carbons (Fsp3) is 0.147. The highest BCUT2D eigenvalue weighted by Crippen LogP contribution is 2.35. The maximum Gasteiger partial charge on any atom is 0.418 e. The molecule has 4 aromatic carbocycles. The summed E-state index contributed by atoms with van der Waals surface area (Å²) < 4.78 is 45.7. The molecule has 0 aromatic heterocycles. The molecule has 0 fully saturated rings. The predicted molar refractivity (Wildman–Crippen MR) is 170 cm³/mol. The number of hydrogen-bond acceptors (Lipinski definition) is 5. The number of carbonyl (C=O) groups is 3. The van der Waals surface area contributed by atoms with E-state index in [4.69, 9.17) is 4.74 Å². The number of para-hydroxylation sites is 2. The van der Waals surface area contributed by atoms with E-state index in [1.165, 1.54) is 31.4 Å². The normalized spacial score (nSPS) is 12.2. The molecule has 3 amide bonds. The van der Waals surface area contributed by atoms with Crippen molar-refractivity contribution in [2.75, 3.05) is 17.7 Å². The van der Waals surface area contributed by atoms with Gasteiger partial charge in [0.25, 0.3) is 11.8 Å². The molecule has 4 rings (SSSR count). The molecule has 3 N–H and O–H groups in total. The number of carbonyl (C=O) groups excluding carboxylic acids is 3. The molecule has 11 heteroatoms. The van der Waals surface area contributed by atoms with Crippen LogP contribution < -0.4 is 20.7 Å². The molecule has 0 saturated heterocycles. The molecule has 45 heavy (non-hydrogen) atoms. The molecule has 0 radical (unpaired) electrons. The first-order valence-corrected chi connectivity index (χ1v) is 14.7. The fourth-order valence-corrected chi connectivity index (χ4v) is 5.28. The standard InChI is InChI=1S/C34H30F3N3O4S/c1-3-30(33(43)39-27-18-9-8-17-26(27)34(35,36)37)45-25-16-11-15-24(21-25)38-32(42)28(20-23-14-7-10-19-29(23)44-2)40-31(41)22-12-5-4-6-13-22/h4-21,30H,3H2,1-2H3,(H,38,42)(H,39,43)(H,40,41)/b28-20+. The van der Waals surface area contributed by atoms with Crippen molar-refractivity contribution in [2.45, 2.75) is 29.7 Å². The van der Waals surface area contributed by atoms with Gasteiger partial charge in [0.2, 0.25) is 5.91 Å². The molecule has 0 bridgehead atoms. The third kappa shape index (κ3) is 8.99. The van der Waals surface area contributed by atoms with E-state index in [1.54, 1.807) is 85.8 Å². The minimum absolute atomic E-state index is 0.0412. The lowest BCUT2D eigenvalue weighted by atomic mass is 10.1. The molecule has 7 nitrogen and oxygen atoms in total. The van der Waals surface area contributed by atoms with Gasteiger partial charge in [-0.15, -0.1) is 11.8 Å². The predicted octanol–water partition coefficient (Wildman–Crippen LogP) is 7.63. The summed E-state index contributed by atoms with van der Waals surface area (Å²) in [6, 6.07) is 26.9. The van der Waals surface area contributed by atoms with Gasteiger partial charge in [-0.25, -0.2) is 0 Å². The van der Waals surface area contributed by atoms with E-state index in [-0.39, 0.29) is 11.4 Å². The average Bonchev–Trinajstić information content (AvgIpc) is 3.03. The summed E-state index contributed by atoms with van der Waals surface area (Å²) in [6.45, 7) is 1.75. The number of hydrogen-bond donors (Lipinski definition) is 3. The van der Waals surface area contributed by atoms with Crippen molar-refractivity contribution < 1.29 is 32.3 Å². The van der Waals surface area contributed by atoms with Crippen LogP contribution in [0.3, 0.4) is 0 Å². The monoisotopic (exact) mass is 633 g/mol. The van der Waals surface area contributed by atoms with Gasteiger partial charge in [-0.05, 0) is 61.0 Å². The Morgan fingerprint density at radius 3 is 2.27 bits per heavy atom. The number of thioether (sulfide) groups is 1. The van der Waals surface area contributed by atoms with Crippen molar-refractivity contribution in [3.8, 4) is 5.75 Å². The van der Waals surface area contributed by atoms with Crippen LogP contribution in [-0.4, -0.2) is 30.1 Å². The smallest absolute Gasteiger partial charge is 0.418 e. The number of halogens is 3. The molecular weight excluding hydrogens is 603 g/mol. The molecule has 1 unspecified atom stereocenters. The number of benzene rings is 4. The lowest BCUT2D eigenvalue weighted by molar-refractivity contribution is -0.137. The summed E-state index contributed by atoms with van der Waals surface area (Å²) in [7, 11) is 1.50. The Kier molecular flexibility index (Phi) is 11.0. The average molecular weight is 634 g/mol. The Morgan fingerprint density at radius 1 is 0.867 bits per heavy atom. The van der Waals surface area contributed by atoms with Gasteiger partial charge in [-0.3, -0.25) is 14.4 Å². The van der Waals surface area contributed by atoms with Crippen LogP contribution in [0.5, 0.6) is 5.75 Å². The van der Waals surface area contributed by atoms with Gasteiger partial charge in [0, 0.05) is 21.7 Å². The van der Waals surface area contributed by atoms with Crippen molar-refractivity contribution in [3.05, 3.63) is 126 Å². The Bertz CT molecular complexity index is 1690. The van der Waals surface area contributed by atoms with Gasteiger partial charge in [0.05, 0.1) is 23.6 Å². The number of ether oxygens (including phenoxy) is 1. The van der Waals surface area contributed by atoms with Crippen molar-refractivity contribution in [2.24, 2.45) is 0 Å². The number of amides is 3. The third-order valence-electron chi connectivity index (χ3n) is 6.49. The first kappa shape index (κ1) is 32.9. The van der Waals surface area contributed by atoms with Gasteiger partial charge < -0.3 is 20.7 Å². The topological polar surface area (TPSA) is 96.5 Å². The van der Waals surface area contributed by atoms with E-state index in [0.717, 1.165) is 17.8 Å². The number of rotatable bonds is 11. The molecule has 0 aliphatic heterocycles. The fourth-order valence-electron chi connectivity index (χ4n) is 4.27. The molecular formula is C34H30F3N3O4S. The number of anilines is 2. The van der Waals surface area contributed by atoms with Gasteiger partial charge >= 0.3 is 6.18 Å². The van der Waals surface area contributed by atoms with Crippen molar-refractivity contribution in [1.82, 2.24) is 5.32 Å². The lowest BCUT2D eigenvalue weighted by Gasteiger charge is -2.18. The quantitative estimate of drug-likeness (QED) is 0.117. The van der Waals surface area contributed by atoms with Crippen LogP contribution in [0, 0.1) is 0 Å². The molecule has 1 atom stereocenters. The highest BCUT2D eigenvalue weighted by Gasteiger charge is 2.34. The Balaban J connectivity index is 1.53. The molecule has 0 aliphatic carbocycles. The SMILES string of the molecule is CCC(Sc1cccc(NC(=O)/C(=C\c2ccccc2OC)NC(=O)c2ccccc2)c1)C(=O)Nc1ccccc1C(F)(F)F. The van der Waals surface area contributed by atoms with E-state index < -0.39 is 34.7 Å². The van der Waals surface area contributed by atoms with Crippen molar-refractivity contribution in [1.29, 1.82) is 0 Å². The van der Waals surface area contributed by atoms with Crippen LogP contribution in [0.4, 0.5) is 24.5 Å². The minimum Gasteiger partial charge on any atom is -0.496 e. The van der Waals surface area contributed by atoms with Crippen LogP contribution in [0.2, 0.25) is 0 Å². The summed E-state index contributed by atoms with van der Waals surface area (Å²) in [4.78, 5) is 40.1. The van der Waals surface area contributed by atoms with Crippen LogP contribution in [0.15, 0.2) is 114 Å². The van der Waals surface area contributed by atoms with Crippen LogP contribution in [0.25, 0.3) is 6.08 Å². The van der Waals surface area contributed by atoms with Gasteiger partial charge in [-0.2, -0.15) is 13.2 Å². The summed E-state index contributed by atoms with van der Waals surface area (Å²) in [5.74, 6) is -1.18. The van der Waals surface area contributed by atoms with Crippen LogP contribution >= 0.6 is 11.8 Å². The van der Waals surface area contributed by atoms with E-state index in [2.05, 4.69) is 16.0 Å². The zero-order valence-electron chi connectivity index (χ0n) is 24.4. The van der Waals surface area contributed by atoms with Crippen molar-refractivity contribution in [3.63, 3.8) is 0 Å². The van der Waals surface area contributed by atoms with Gasteiger partial charge in [-0.1, -0.05) is 61.5 Å². The second-order valence-corrected chi connectivity index (χ2v) is 10.9. The van der Waals surface area contributed by atoms with Crippen LogP contribution in [-0.2, 0) is 15.8 Å². The molecule has 0 aliphatic rings. The summed E-state index contributed by atoms with van der Waals surface area (Å²) >= 11 is 1.15. The van der Waals surface area contributed by atoms with Crippen molar-refractivity contribution >= 4 is 46.9 Å². The summed E-state index contributed by atoms with van der Waals surface area (Å²) in [5, 5.41) is 7.15. The maximum absolute atomic E-state index is 13.5. The summed E-state index contributed by atoms with van der Waals surface area (Å²) in [6.07, 6.45) is -2.78. The van der Waals surface area contributed by atoms with Crippen LogP contribution in [0.1, 0.15) is 34.8 Å². The lowest BCUT2D eigenvalue weighted by Crippen LogP contribution is -2.30. The van der Waals surface area contributed by atoms with E-state index in [0.29, 0.717) is 33.9 Å². The third-order valence-corrected chi connectivity index (χ3v) is 7.85. The van der Waals surface area contributed by atoms with E-state index in [9.17, 15) is 27.6 Å². The zero-order chi connectivity index (χ0) is 32.4.